The number of amides is 2. The Morgan fingerprint density at radius 3 is 2.42 bits per heavy atom. The van der Waals surface area contributed by atoms with Crippen molar-refractivity contribution in [3.63, 3.8) is 0 Å². The SMILES string of the molecule is COc1ccc(N2C(=O)CS(=O)(=O)[C@@]23C(=O)N(Cc2cccc(F)c2)c2ccccc23)cc1. The third kappa shape index (κ3) is 2.96. The molecule has 0 radical (unpaired) electrons. The van der Waals surface area contributed by atoms with Crippen LogP contribution >= 0.6 is 0 Å². The van der Waals surface area contributed by atoms with Gasteiger partial charge in [-0.2, -0.15) is 0 Å². The number of benzene rings is 3. The Morgan fingerprint density at radius 1 is 1.00 bits per heavy atom. The van der Waals surface area contributed by atoms with Crippen molar-refractivity contribution >= 4 is 33.0 Å². The van der Waals surface area contributed by atoms with E-state index in [2.05, 4.69) is 0 Å². The van der Waals surface area contributed by atoms with Crippen molar-refractivity contribution in [1.29, 1.82) is 0 Å². The van der Waals surface area contributed by atoms with E-state index >= 15 is 0 Å². The number of hydrogen-bond acceptors (Lipinski definition) is 5. The molecule has 1 atom stereocenters. The molecule has 0 saturated carbocycles. The molecule has 9 heteroatoms. The van der Waals surface area contributed by atoms with Gasteiger partial charge in [0.25, 0.3) is 10.8 Å². The van der Waals surface area contributed by atoms with E-state index in [1.54, 1.807) is 54.6 Å². The Bertz CT molecular complexity index is 1390. The van der Waals surface area contributed by atoms with Crippen LogP contribution in [0.2, 0.25) is 0 Å². The van der Waals surface area contributed by atoms with Gasteiger partial charge in [0.1, 0.15) is 17.3 Å². The van der Waals surface area contributed by atoms with Crippen LogP contribution < -0.4 is 14.5 Å². The van der Waals surface area contributed by atoms with Crippen LogP contribution in [0.5, 0.6) is 5.75 Å². The van der Waals surface area contributed by atoms with Gasteiger partial charge in [0.05, 0.1) is 19.3 Å². The molecule has 2 aliphatic heterocycles. The lowest BCUT2D eigenvalue weighted by Gasteiger charge is -2.32. The van der Waals surface area contributed by atoms with Crippen molar-refractivity contribution < 1.29 is 27.1 Å². The molecule has 0 aromatic heterocycles. The zero-order valence-electron chi connectivity index (χ0n) is 17.6. The summed E-state index contributed by atoms with van der Waals surface area (Å²) in [6.07, 6.45) is 0. The van der Waals surface area contributed by atoms with Crippen LogP contribution in [-0.2, 0) is 30.8 Å². The molecule has 2 heterocycles. The van der Waals surface area contributed by atoms with Crippen molar-refractivity contribution in [2.75, 3.05) is 22.7 Å². The first-order valence-corrected chi connectivity index (χ1v) is 11.8. The standard InChI is InChI=1S/C24H19FN2O5S/c1-32-19-11-9-18(10-12-19)27-22(28)15-33(30,31)24(27)20-7-2-3-8-21(20)26(23(24)29)14-16-5-4-6-17(25)13-16/h2-13H,14-15H2,1H3/t24-/m0/s1. The van der Waals surface area contributed by atoms with E-state index in [0.717, 1.165) is 4.90 Å². The van der Waals surface area contributed by atoms with Crippen LogP contribution in [0.25, 0.3) is 0 Å². The van der Waals surface area contributed by atoms with Crippen molar-refractivity contribution in [2.24, 2.45) is 0 Å². The topological polar surface area (TPSA) is 84.0 Å². The molecule has 0 N–H and O–H groups in total. The molecule has 2 aliphatic rings. The molecule has 3 aromatic carbocycles. The van der Waals surface area contributed by atoms with Gasteiger partial charge in [-0.3, -0.25) is 14.5 Å². The van der Waals surface area contributed by atoms with Crippen molar-refractivity contribution in [1.82, 2.24) is 0 Å². The molecule has 0 aliphatic carbocycles. The van der Waals surface area contributed by atoms with Crippen LogP contribution in [0.1, 0.15) is 11.1 Å². The summed E-state index contributed by atoms with van der Waals surface area (Å²) in [7, 11) is -2.78. The van der Waals surface area contributed by atoms with E-state index in [1.807, 2.05) is 0 Å². The fourth-order valence-corrected chi connectivity index (χ4v) is 6.63. The number of nitrogens with zero attached hydrogens (tertiary/aromatic N) is 2. The molecule has 1 fully saturated rings. The quantitative estimate of drug-likeness (QED) is 0.590. The number of para-hydroxylation sites is 1. The van der Waals surface area contributed by atoms with E-state index in [1.165, 1.54) is 30.2 Å². The van der Waals surface area contributed by atoms with E-state index in [4.69, 9.17) is 4.74 Å². The van der Waals surface area contributed by atoms with Gasteiger partial charge in [-0.05, 0) is 48.0 Å². The van der Waals surface area contributed by atoms with E-state index < -0.39 is 38.1 Å². The second-order valence-electron chi connectivity index (χ2n) is 7.87. The van der Waals surface area contributed by atoms with Crippen LogP contribution in [0.3, 0.4) is 0 Å². The normalized spacial score (nSPS) is 21.0. The highest BCUT2D eigenvalue weighted by molar-refractivity contribution is 7.94. The van der Waals surface area contributed by atoms with Gasteiger partial charge >= 0.3 is 0 Å². The molecular formula is C24H19FN2O5S. The Morgan fingerprint density at radius 2 is 1.73 bits per heavy atom. The third-order valence-corrected chi connectivity index (χ3v) is 8.09. The zero-order valence-corrected chi connectivity index (χ0v) is 18.4. The van der Waals surface area contributed by atoms with Crippen LogP contribution in [-0.4, -0.2) is 33.1 Å². The van der Waals surface area contributed by atoms with Crippen LogP contribution in [0.15, 0.2) is 72.8 Å². The fraction of sp³-hybridized carbons (Fsp3) is 0.167. The van der Waals surface area contributed by atoms with Gasteiger partial charge in [0.2, 0.25) is 5.91 Å². The first kappa shape index (κ1) is 21.1. The maximum atomic E-state index is 14.0. The summed E-state index contributed by atoms with van der Waals surface area (Å²) in [5, 5.41) is 0. The lowest BCUT2D eigenvalue weighted by molar-refractivity contribution is -0.123. The highest BCUT2D eigenvalue weighted by Crippen LogP contribution is 2.52. The number of carbonyl (C=O) groups is 2. The Labute approximate surface area is 189 Å². The summed E-state index contributed by atoms with van der Waals surface area (Å²) in [5.41, 5.74) is 1.32. The number of methoxy groups -OCH3 is 1. The summed E-state index contributed by atoms with van der Waals surface area (Å²) in [4.78, 5) is 27.2. The molecule has 1 saturated heterocycles. The summed E-state index contributed by atoms with van der Waals surface area (Å²) in [5.74, 6) is -2.21. The van der Waals surface area contributed by atoms with E-state index in [-0.39, 0.29) is 17.8 Å². The predicted octanol–water partition coefficient (Wildman–Crippen LogP) is 3.00. The maximum absolute atomic E-state index is 14.0. The zero-order chi connectivity index (χ0) is 23.4. The Hall–Kier alpha value is -3.72. The third-order valence-electron chi connectivity index (χ3n) is 5.98. The van der Waals surface area contributed by atoms with Gasteiger partial charge < -0.3 is 9.64 Å². The van der Waals surface area contributed by atoms with Gasteiger partial charge in [-0.1, -0.05) is 30.3 Å². The van der Waals surface area contributed by atoms with E-state index in [0.29, 0.717) is 17.0 Å². The number of halogens is 1. The second-order valence-corrected chi connectivity index (χ2v) is 9.98. The number of fused-ring (bicyclic) bond motifs is 2. The summed E-state index contributed by atoms with van der Waals surface area (Å²) in [6, 6.07) is 18.5. The van der Waals surface area contributed by atoms with Crippen molar-refractivity contribution in [3.8, 4) is 5.75 Å². The highest BCUT2D eigenvalue weighted by atomic mass is 32.2. The average molecular weight is 466 g/mol. The number of anilines is 2. The molecule has 7 nitrogen and oxygen atoms in total. The Balaban J connectivity index is 1.71. The molecule has 3 aromatic rings. The van der Waals surface area contributed by atoms with Gasteiger partial charge in [0, 0.05) is 11.3 Å². The molecule has 5 rings (SSSR count). The lowest BCUT2D eigenvalue weighted by atomic mass is 10.0. The van der Waals surface area contributed by atoms with E-state index in [9.17, 15) is 22.4 Å². The summed E-state index contributed by atoms with van der Waals surface area (Å²) in [6.45, 7) is -0.0461. The van der Waals surface area contributed by atoms with Crippen molar-refractivity contribution in [3.05, 3.63) is 89.7 Å². The smallest absolute Gasteiger partial charge is 0.274 e. The number of rotatable bonds is 4. The average Bonchev–Trinajstić information content (AvgIpc) is 3.17. The minimum atomic E-state index is -4.26. The first-order chi connectivity index (χ1) is 15.8. The van der Waals surface area contributed by atoms with Gasteiger partial charge in [0.15, 0.2) is 9.84 Å². The number of hydrogen-bond donors (Lipinski definition) is 0. The van der Waals surface area contributed by atoms with Crippen LogP contribution in [0.4, 0.5) is 15.8 Å². The summed E-state index contributed by atoms with van der Waals surface area (Å²) >= 11 is 0. The predicted molar refractivity (Wildman–Crippen MR) is 120 cm³/mol. The van der Waals surface area contributed by atoms with Crippen molar-refractivity contribution in [2.45, 2.75) is 11.4 Å². The molecule has 1 spiro atoms. The number of carbonyl (C=O) groups excluding carboxylic acids is 2. The maximum Gasteiger partial charge on any atom is 0.274 e. The molecule has 2 amide bonds. The molecule has 0 bridgehead atoms. The molecule has 168 valence electrons. The minimum absolute atomic E-state index is 0.0461. The second kappa shape index (κ2) is 7.41. The molecule has 0 unspecified atom stereocenters. The minimum Gasteiger partial charge on any atom is -0.497 e. The highest BCUT2D eigenvalue weighted by Gasteiger charge is 2.69. The lowest BCUT2D eigenvalue weighted by Crippen LogP contribution is -2.54. The van der Waals surface area contributed by atoms with Gasteiger partial charge in [-0.15, -0.1) is 0 Å². The molecule has 33 heavy (non-hydrogen) atoms. The number of sulfone groups is 1. The fourth-order valence-electron chi connectivity index (χ4n) is 4.60. The Kier molecular flexibility index (Phi) is 4.75. The summed E-state index contributed by atoms with van der Waals surface area (Å²) < 4.78 is 46.0. The molecular weight excluding hydrogens is 447 g/mol. The largest absolute Gasteiger partial charge is 0.497 e. The van der Waals surface area contributed by atoms with Crippen LogP contribution in [0, 0.1) is 5.82 Å². The van der Waals surface area contributed by atoms with Gasteiger partial charge in [-0.25, -0.2) is 12.8 Å². The number of ether oxygens (including phenoxy) is 1. The first-order valence-electron chi connectivity index (χ1n) is 10.1. The monoisotopic (exact) mass is 466 g/mol.